The van der Waals surface area contributed by atoms with Crippen LogP contribution in [0.4, 0.5) is 23.7 Å². The lowest BCUT2D eigenvalue weighted by Crippen LogP contribution is -2.53. The smallest absolute Gasteiger partial charge is 0.367 e. The van der Waals surface area contributed by atoms with Crippen LogP contribution in [-0.2, 0) is 6.18 Å². The predicted molar refractivity (Wildman–Crippen MR) is 83.9 cm³/mol. The van der Waals surface area contributed by atoms with E-state index in [2.05, 4.69) is 5.32 Å². The number of nitrogens with zero attached hydrogens (tertiary/aromatic N) is 2. The first-order valence-electron chi connectivity index (χ1n) is 7.35. The normalized spacial score (nSPS) is 16.0. The van der Waals surface area contributed by atoms with Crippen molar-refractivity contribution >= 4 is 23.3 Å². The molecule has 1 N–H and O–H groups in total. The van der Waals surface area contributed by atoms with Gasteiger partial charge in [-0.05, 0) is 32.0 Å². The second-order valence-electron chi connectivity index (χ2n) is 5.74. The Hall–Kier alpha value is -1.63. The first kappa shape index (κ1) is 17.7. The summed E-state index contributed by atoms with van der Waals surface area (Å²) < 4.78 is 38.5. The van der Waals surface area contributed by atoms with E-state index >= 15 is 0 Å². The molecule has 128 valence electrons. The number of hydrogen-bond donors (Lipinski definition) is 1. The molecule has 0 radical (unpaired) electrons. The summed E-state index contributed by atoms with van der Waals surface area (Å²) in [6.07, 6.45) is -4.40. The van der Waals surface area contributed by atoms with Gasteiger partial charge in [0.25, 0.3) is 0 Å². The molecule has 1 aliphatic heterocycles. The predicted octanol–water partition coefficient (Wildman–Crippen LogP) is 3.60. The third-order valence-electron chi connectivity index (χ3n) is 3.59. The van der Waals surface area contributed by atoms with Crippen molar-refractivity contribution in [2.45, 2.75) is 26.1 Å². The number of benzene rings is 1. The number of anilines is 1. The van der Waals surface area contributed by atoms with Crippen molar-refractivity contribution in [3.8, 4) is 0 Å². The third-order valence-corrected chi connectivity index (χ3v) is 3.91. The molecule has 0 saturated carbocycles. The van der Waals surface area contributed by atoms with Crippen molar-refractivity contribution in [1.29, 1.82) is 0 Å². The molecule has 8 heteroatoms. The highest BCUT2D eigenvalue weighted by molar-refractivity contribution is 6.33. The van der Waals surface area contributed by atoms with Gasteiger partial charge in [-0.15, -0.1) is 0 Å². The van der Waals surface area contributed by atoms with Gasteiger partial charge in [-0.1, -0.05) is 11.6 Å². The average Bonchev–Trinajstić information content (AvgIpc) is 2.46. The van der Waals surface area contributed by atoms with Crippen LogP contribution in [0.2, 0.25) is 5.02 Å². The summed E-state index contributed by atoms with van der Waals surface area (Å²) in [5.41, 5.74) is -0.373. The molecule has 0 aliphatic carbocycles. The summed E-state index contributed by atoms with van der Waals surface area (Å²) in [6.45, 7) is 5.49. The molecule has 4 nitrogen and oxygen atoms in total. The zero-order chi connectivity index (χ0) is 17.2. The second kappa shape index (κ2) is 6.86. The highest BCUT2D eigenvalue weighted by Crippen LogP contribution is 2.35. The Bertz CT molecular complexity index is 570. The molecule has 1 fully saturated rings. The van der Waals surface area contributed by atoms with Crippen LogP contribution in [0.1, 0.15) is 19.4 Å². The lowest BCUT2D eigenvalue weighted by Gasteiger charge is -2.37. The number of urea groups is 1. The Morgan fingerprint density at radius 1 is 1.22 bits per heavy atom. The van der Waals surface area contributed by atoms with E-state index in [1.807, 2.05) is 13.8 Å². The van der Waals surface area contributed by atoms with Crippen LogP contribution in [0.15, 0.2) is 18.2 Å². The molecule has 1 aromatic rings. The minimum Gasteiger partial charge on any atom is -0.367 e. The first-order valence-corrected chi connectivity index (χ1v) is 7.73. The number of carbonyl (C=O) groups is 1. The number of alkyl halides is 3. The van der Waals surface area contributed by atoms with E-state index in [0.29, 0.717) is 31.9 Å². The van der Waals surface area contributed by atoms with E-state index in [9.17, 15) is 18.0 Å². The van der Waals surface area contributed by atoms with Crippen LogP contribution in [0.3, 0.4) is 0 Å². The monoisotopic (exact) mass is 349 g/mol. The molecule has 23 heavy (non-hydrogen) atoms. The third kappa shape index (κ3) is 4.43. The van der Waals surface area contributed by atoms with E-state index in [4.69, 9.17) is 11.6 Å². The highest BCUT2D eigenvalue weighted by Gasteiger charge is 2.32. The molecule has 0 spiro atoms. The van der Waals surface area contributed by atoms with E-state index in [0.717, 1.165) is 12.1 Å². The summed E-state index contributed by atoms with van der Waals surface area (Å²) in [5.74, 6) is 0. The molecule has 2 amide bonds. The van der Waals surface area contributed by atoms with Crippen LogP contribution in [-0.4, -0.2) is 43.2 Å². The van der Waals surface area contributed by atoms with Gasteiger partial charge in [0, 0.05) is 32.2 Å². The van der Waals surface area contributed by atoms with Gasteiger partial charge in [0.05, 0.1) is 16.3 Å². The fraction of sp³-hybridized carbons (Fsp3) is 0.533. The summed E-state index contributed by atoms with van der Waals surface area (Å²) in [6, 6.07) is 3.18. The van der Waals surface area contributed by atoms with Crippen molar-refractivity contribution < 1.29 is 18.0 Å². The van der Waals surface area contributed by atoms with Gasteiger partial charge in [0.2, 0.25) is 0 Å². The number of hydrogen-bond acceptors (Lipinski definition) is 2. The van der Waals surface area contributed by atoms with Gasteiger partial charge in [0.1, 0.15) is 0 Å². The first-order chi connectivity index (χ1) is 10.7. The fourth-order valence-corrected chi connectivity index (χ4v) is 2.66. The Labute approximate surface area is 138 Å². The average molecular weight is 350 g/mol. The van der Waals surface area contributed by atoms with Gasteiger partial charge in [-0.3, -0.25) is 0 Å². The van der Waals surface area contributed by atoms with Crippen molar-refractivity contribution in [3.05, 3.63) is 28.8 Å². The van der Waals surface area contributed by atoms with Crippen LogP contribution in [0.5, 0.6) is 0 Å². The molecule has 1 saturated heterocycles. The van der Waals surface area contributed by atoms with E-state index in [1.54, 1.807) is 9.80 Å². The molecule has 0 atom stereocenters. The number of piperazine rings is 1. The number of amides is 2. The fourth-order valence-electron chi connectivity index (χ4n) is 2.42. The molecule has 0 bridgehead atoms. The molecular weight excluding hydrogens is 331 g/mol. The lowest BCUT2D eigenvalue weighted by atomic mass is 10.1. The molecule has 1 heterocycles. The van der Waals surface area contributed by atoms with E-state index in [-0.39, 0.29) is 17.1 Å². The zero-order valence-electron chi connectivity index (χ0n) is 13.0. The van der Waals surface area contributed by atoms with Crippen molar-refractivity contribution in [3.63, 3.8) is 0 Å². The van der Waals surface area contributed by atoms with E-state index in [1.165, 1.54) is 6.07 Å². The Balaban J connectivity index is 2.07. The lowest BCUT2D eigenvalue weighted by molar-refractivity contribution is -0.137. The van der Waals surface area contributed by atoms with Gasteiger partial charge < -0.3 is 15.1 Å². The van der Waals surface area contributed by atoms with Crippen molar-refractivity contribution in [1.82, 2.24) is 10.2 Å². The topological polar surface area (TPSA) is 35.6 Å². The molecule has 2 rings (SSSR count). The minimum absolute atomic E-state index is 0.0402. The van der Waals surface area contributed by atoms with Gasteiger partial charge >= 0.3 is 12.2 Å². The molecule has 1 aromatic carbocycles. The molecular formula is C15H19ClF3N3O. The SMILES string of the molecule is CC(C)NC(=O)N1CCN(c2cc(C(F)(F)F)ccc2Cl)CC1. The second-order valence-corrected chi connectivity index (χ2v) is 6.15. The minimum atomic E-state index is -4.40. The van der Waals surface area contributed by atoms with Crippen LogP contribution in [0, 0.1) is 0 Å². The molecule has 0 unspecified atom stereocenters. The number of nitrogens with one attached hydrogen (secondary N) is 1. The quantitative estimate of drug-likeness (QED) is 0.885. The van der Waals surface area contributed by atoms with E-state index < -0.39 is 11.7 Å². The highest BCUT2D eigenvalue weighted by atomic mass is 35.5. The zero-order valence-corrected chi connectivity index (χ0v) is 13.7. The maximum Gasteiger partial charge on any atom is 0.416 e. The summed E-state index contributed by atoms with van der Waals surface area (Å²) in [4.78, 5) is 15.4. The molecule has 1 aliphatic rings. The largest absolute Gasteiger partial charge is 0.416 e. The summed E-state index contributed by atoms with van der Waals surface area (Å²) in [7, 11) is 0. The van der Waals surface area contributed by atoms with Crippen LogP contribution < -0.4 is 10.2 Å². The molecule has 0 aromatic heterocycles. The van der Waals surface area contributed by atoms with Crippen LogP contribution >= 0.6 is 11.6 Å². The maximum absolute atomic E-state index is 12.8. The standard InChI is InChI=1S/C15H19ClF3N3O/c1-10(2)20-14(23)22-7-5-21(6-8-22)13-9-11(15(17,18)19)3-4-12(13)16/h3-4,9-10H,5-8H2,1-2H3,(H,20,23). The van der Waals surface area contributed by atoms with Gasteiger partial charge in [0.15, 0.2) is 0 Å². The maximum atomic E-state index is 12.8. The Morgan fingerprint density at radius 3 is 2.35 bits per heavy atom. The van der Waals surface area contributed by atoms with Crippen molar-refractivity contribution in [2.24, 2.45) is 0 Å². The van der Waals surface area contributed by atoms with Crippen LogP contribution in [0.25, 0.3) is 0 Å². The van der Waals surface area contributed by atoms with Gasteiger partial charge in [-0.25, -0.2) is 4.79 Å². The van der Waals surface area contributed by atoms with Crippen molar-refractivity contribution in [2.75, 3.05) is 31.1 Å². The van der Waals surface area contributed by atoms with Gasteiger partial charge in [-0.2, -0.15) is 13.2 Å². The summed E-state index contributed by atoms with van der Waals surface area (Å²) in [5, 5.41) is 3.08. The summed E-state index contributed by atoms with van der Waals surface area (Å²) >= 11 is 6.05. The number of carbonyl (C=O) groups excluding carboxylic acids is 1. The number of halogens is 4. The Morgan fingerprint density at radius 2 is 1.83 bits per heavy atom. The Kier molecular flexibility index (Phi) is 5.29. The number of rotatable bonds is 2.